The van der Waals surface area contributed by atoms with Gasteiger partial charge < -0.3 is 4.74 Å². The van der Waals surface area contributed by atoms with Crippen molar-refractivity contribution < 1.29 is 13.5 Å². The van der Waals surface area contributed by atoms with Crippen LogP contribution in [0.1, 0.15) is 12.0 Å². The number of nitrogens with zero attached hydrogens (tertiary/aromatic N) is 4. The predicted molar refractivity (Wildman–Crippen MR) is 121 cm³/mol. The van der Waals surface area contributed by atoms with Crippen molar-refractivity contribution in [1.29, 1.82) is 5.26 Å². The number of halogens is 3. The maximum atomic E-state index is 14.6. The molecule has 168 valence electrons. The van der Waals surface area contributed by atoms with Gasteiger partial charge in [-0.3, -0.25) is 9.36 Å². The maximum absolute atomic E-state index is 14.6. The molecular weight excluding hydrogens is 474 g/mol. The molecule has 4 rings (SSSR count). The molecular formula is C22H15ClF2N4O3S. The summed E-state index contributed by atoms with van der Waals surface area (Å²) in [6.07, 6.45) is 1.22. The van der Waals surface area contributed by atoms with Crippen LogP contribution in [0.4, 0.5) is 8.78 Å². The van der Waals surface area contributed by atoms with E-state index in [1.54, 1.807) is 13.0 Å². The molecule has 0 bridgehead atoms. The van der Waals surface area contributed by atoms with Crippen LogP contribution in [0.15, 0.2) is 40.1 Å². The zero-order valence-electron chi connectivity index (χ0n) is 17.4. The molecule has 0 aliphatic rings. The molecule has 0 fully saturated rings. The van der Waals surface area contributed by atoms with E-state index in [0.717, 1.165) is 22.0 Å². The minimum absolute atomic E-state index is 0.0159. The third-order valence-electron chi connectivity index (χ3n) is 5.08. The first-order chi connectivity index (χ1) is 15.8. The molecule has 3 heterocycles. The Labute approximate surface area is 194 Å². The first-order valence-corrected chi connectivity index (χ1v) is 10.8. The predicted octanol–water partition coefficient (Wildman–Crippen LogP) is 4.44. The second kappa shape index (κ2) is 8.77. The highest BCUT2D eigenvalue weighted by Gasteiger charge is 2.22. The minimum Gasteiger partial charge on any atom is -0.494 e. The summed E-state index contributed by atoms with van der Waals surface area (Å²) in [4.78, 5) is 30.7. The van der Waals surface area contributed by atoms with E-state index in [2.05, 4.69) is 4.98 Å². The molecule has 0 unspecified atom stereocenters. The van der Waals surface area contributed by atoms with Gasteiger partial charge in [-0.1, -0.05) is 11.6 Å². The summed E-state index contributed by atoms with van der Waals surface area (Å²) in [7, 11) is 1.31. The number of methoxy groups -OCH3 is 1. The summed E-state index contributed by atoms with van der Waals surface area (Å²) < 4.78 is 35.7. The average Bonchev–Trinajstić information content (AvgIpc) is 3.21. The lowest BCUT2D eigenvalue weighted by atomic mass is 10.1. The van der Waals surface area contributed by atoms with Gasteiger partial charge in [-0.25, -0.2) is 18.7 Å². The van der Waals surface area contributed by atoms with Crippen molar-refractivity contribution in [2.45, 2.75) is 19.9 Å². The zero-order valence-corrected chi connectivity index (χ0v) is 18.9. The molecule has 0 radical (unpaired) electrons. The molecule has 0 N–H and O–H groups in total. The van der Waals surface area contributed by atoms with Gasteiger partial charge in [0.2, 0.25) is 5.95 Å². The Morgan fingerprint density at radius 1 is 1.27 bits per heavy atom. The molecule has 4 aromatic rings. The fourth-order valence-electron chi connectivity index (χ4n) is 3.52. The third-order valence-corrected chi connectivity index (χ3v) is 6.54. The molecule has 0 spiro atoms. The van der Waals surface area contributed by atoms with Crippen LogP contribution in [0.25, 0.3) is 26.3 Å². The Bertz CT molecular complexity index is 1550. The van der Waals surface area contributed by atoms with Crippen molar-refractivity contribution >= 4 is 33.2 Å². The van der Waals surface area contributed by atoms with Crippen LogP contribution in [0.2, 0.25) is 5.02 Å². The molecule has 0 saturated carbocycles. The van der Waals surface area contributed by atoms with E-state index in [1.807, 2.05) is 6.07 Å². The van der Waals surface area contributed by atoms with Crippen molar-refractivity contribution in [2.24, 2.45) is 0 Å². The lowest BCUT2D eigenvalue weighted by molar-refractivity contribution is 0.387. The number of hydrogen-bond donors (Lipinski definition) is 0. The highest BCUT2D eigenvalue weighted by atomic mass is 35.5. The van der Waals surface area contributed by atoms with Crippen LogP contribution in [0, 0.1) is 30.0 Å². The van der Waals surface area contributed by atoms with E-state index in [0.29, 0.717) is 16.0 Å². The van der Waals surface area contributed by atoms with Crippen LogP contribution in [-0.4, -0.2) is 21.2 Å². The fourth-order valence-corrected chi connectivity index (χ4v) is 4.95. The number of fused-ring (bicyclic) bond motifs is 1. The Hall–Kier alpha value is -3.55. The minimum atomic E-state index is -0.969. The summed E-state index contributed by atoms with van der Waals surface area (Å²) in [5.74, 6) is -1.66. The number of aromatic nitrogens is 3. The van der Waals surface area contributed by atoms with Gasteiger partial charge in [0.15, 0.2) is 11.6 Å². The molecule has 0 amide bonds. The maximum Gasteiger partial charge on any atom is 0.336 e. The quantitative estimate of drug-likeness (QED) is 0.387. The second-order valence-electron chi connectivity index (χ2n) is 7.04. The van der Waals surface area contributed by atoms with Crippen LogP contribution < -0.4 is 16.0 Å². The van der Waals surface area contributed by atoms with Crippen LogP contribution in [-0.2, 0) is 6.54 Å². The normalized spacial score (nSPS) is 11.0. The lowest BCUT2D eigenvalue weighted by Crippen LogP contribution is -2.39. The number of hydrogen-bond acceptors (Lipinski definition) is 6. The standard InChI is InChI=1S/C22H15ClF2N4O3S/c1-11-4-6-27-20(25)18(11)29-21(30)19-15(28(22(29)31)7-3-5-26)10-17(33-19)12-8-16(32-2)14(24)9-13(12)23/h4,6,8-10H,3,7H2,1-2H3. The van der Waals surface area contributed by atoms with Crippen molar-refractivity contribution in [3.63, 3.8) is 0 Å². The van der Waals surface area contributed by atoms with E-state index in [9.17, 15) is 18.4 Å². The first-order valence-electron chi connectivity index (χ1n) is 9.59. The SMILES string of the molecule is COc1cc(-c2cc3c(s2)c(=O)n(-c2c(C)ccnc2F)c(=O)n3CCC#N)c(Cl)cc1F. The highest BCUT2D eigenvalue weighted by Crippen LogP contribution is 2.39. The third kappa shape index (κ3) is 3.79. The molecule has 33 heavy (non-hydrogen) atoms. The number of nitriles is 1. The monoisotopic (exact) mass is 488 g/mol. The van der Waals surface area contributed by atoms with Gasteiger partial charge in [-0.2, -0.15) is 9.65 Å². The molecule has 7 nitrogen and oxygen atoms in total. The number of rotatable bonds is 5. The molecule has 11 heteroatoms. The molecule has 0 aliphatic heterocycles. The van der Waals surface area contributed by atoms with Crippen molar-refractivity contribution in [1.82, 2.24) is 14.1 Å². The first kappa shape index (κ1) is 22.6. The van der Waals surface area contributed by atoms with Gasteiger partial charge in [0.1, 0.15) is 10.4 Å². The van der Waals surface area contributed by atoms with Gasteiger partial charge >= 0.3 is 5.69 Å². The number of benzene rings is 1. The molecule has 0 saturated heterocycles. The molecule has 1 aromatic carbocycles. The Balaban J connectivity index is 2.09. The number of thiophene rings is 1. The van der Waals surface area contributed by atoms with Crippen molar-refractivity contribution in [2.75, 3.05) is 7.11 Å². The Kier molecular flexibility index (Phi) is 6.01. The average molecular weight is 489 g/mol. The largest absolute Gasteiger partial charge is 0.494 e. The summed E-state index contributed by atoms with van der Waals surface area (Å²) in [5.41, 5.74) is -0.792. The van der Waals surface area contributed by atoms with Crippen LogP contribution in [0.5, 0.6) is 5.75 Å². The number of aryl methyl sites for hydroxylation is 2. The number of pyridine rings is 1. The van der Waals surface area contributed by atoms with Crippen molar-refractivity contribution in [3.05, 3.63) is 73.7 Å². The summed E-state index contributed by atoms with van der Waals surface area (Å²) >= 11 is 7.25. The van der Waals surface area contributed by atoms with Crippen LogP contribution in [0.3, 0.4) is 0 Å². The van der Waals surface area contributed by atoms with Crippen LogP contribution >= 0.6 is 22.9 Å². The molecule has 3 aromatic heterocycles. The smallest absolute Gasteiger partial charge is 0.336 e. The second-order valence-corrected chi connectivity index (χ2v) is 8.50. The zero-order chi connectivity index (χ0) is 23.9. The highest BCUT2D eigenvalue weighted by molar-refractivity contribution is 7.22. The topological polar surface area (TPSA) is 89.9 Å². The molecule has 0 aliphatic carbocycles. The fraction of sp³-hybridized carbons (Fsp3) is 0.182. The van der Waals surface area contributed by atoms with Gasteiger partial charge in [-0.05, 0) is 36.8 Å². The van der Waals surface area contributed by atoms with Gasteiger partial charge in [-0.15, -0.1) is 11.3 Å². The van der Waals surface area contributed by atoms with E-state index >= 15 is 0 Å². The van der Waals surface area contributed by atoms with Crippen molar-refractivity contribution in [3.8, 4) is 27.9 Å². The van der Waals surface area contributed by atoms with Gasteiger partial charge in [0, 0.05) is 23.2 Å². The Morgan fingerprint density at radius 3 is 2.70 bits per heavy atom. The van der Waals surface area contributed by atoms with E-state index in [-0.39, 0.29) is 39.6 Å². The lowest BCUT2D eigenvalue weighted by Gasteiger charge is -2.12. The number of ether oxygens (including phenoxy) is 1. The summed E-state index contributed by atoms with van der Waals surface area (Å²) in [6.45, 7) is 1.53. The molecule has 0 atom stereocenters. The van der Waals surface area contributed by atoms with E-state index in [1.165, 1.54) is 30.0 Å². The van der Waals surface area contributed by atoms with Gasteiger partial charge in [0.05, 0.1) is 30.1 Å². The van der Waals surface area contributed by atoms with E-state index in [4.69, 9.17) is 21.6 Å². The van der Waals surface area contributed by atoms with Gasteiger partial charge in [0.25, 0.3) is 5.56 Å². The van der Waals surface area contributed by atoms with E-state index < -0.39 is 23.0 Å². The summed E-state index contributed by atoms with van der Waals surface area (Å²) in [5, 5.41) is 9.14. The Morgan fingerprint density at radius 2 is 2.03 bits per heavy atom. The summed E-state index contributed by atoms with van der Waals surface area (Å²) in [6, 6.07) is 7.50.